The number of carbonyl (C=O) groups is 2. The number of carbonyl (C=O) groups excluding carboxylic acids is 1. The highest BCUT2D eigenvalue weighted by Crippen LogP contribution is 2.24. The highest BCUT2D eigenvalue weighted by Gasteiger charge is 2.20. The Balaban J connectivity index is 1.87. The number of hydrogen-bond acceptors (Lipinski definition) is 5. The van der Waals surface area contributed by atoms with Gasteiger partial charge in [0.1, 0.15) is 0 Å². The maximum Gasteiger partial charge on any atom is 0.328 e. The van der Waals surface area contributed by atoms with Crippen molar-refractivity contribution >= 4 is 23.8 Å². The van der Waals surface area contributed by atoms with Gasteiger partial charge in [-0.05, 0) is 41.0 Å². The molecule has 1 heterocycles. The van der Waals surface area contributed by atoms with E-state index in [0.717, 1.165) is 22.8 Å². The molecule has 0 radical (unpaired) electrons. The van der Waals surface area contributed by atoms with Crippen LogP contribution in [0.15, 0.2) is 72.9 Å². The molecule has 182 valence electrons. The number of benzene rings is 2. The van der Waals surface area contributed by atoms with Gasteiger partial charge in [0.25, 0.3) is 0 Å². The Bertz CT molecular complexity index is 1160. The van der Waals surface area contributed by atoms with Gasteiger partial charge in [0.15, 0.2) is 0 Å². The predicted octanol–water partition coefficient (Wildman–Crippen LogP) is 4.56. The number of carboxylic acids is 1. The summed E-state index contributed by atoms with van der Waals surface area (Å²) in [5.74, 6) is -0.479. The third kappa shape index (κ3) is 7.15. The molecule has 1 aromatic heterocycles. The first-order chi connectivity index (χ1) is 16.9. The zero-order valence-corrected chi connectivity index (χ0v) is 20.0. The molecule has 0 saturated carbocycles. The summed E-state index contributed by atoms with van der Waals surface area (Å²) in [4.78, 5) is 31.8. The van der Waals surface area contributed by atoms with Crippen LogP contribution in [-0.4, -0.2) is 61.4 Å². The van der Waals surface area contributed by atoms with E-state index in [4.69, 9.17) is 14.6 Å². The number of anilines is 1. The summed E-state index contributed by atoms with van der Waals surface area (Å²) in [7, 11) is 4.89. The lowest BCUT2D eigenvalue weighted by molar-refractivity contribution is -0.131. The Morgan fingerprint density at radius 2 is 1.77 bits per heavy atom. The lowest BCUT2D eigenvalue weighted by Crippen LogP contribution is -2.42. The van der Waals surface area contributed by atoms with Crippen molar-refractivity contribution in [1.82, 2.24) is 9.88 Å². The van der Waals surface area contributed by atoms with Crippen molar-refractivity contribution in [3.63, 3.8) is 0 Å². The second-order valence-electron chi connectivity index (χ2n) is 7.84. The summed E-state index contributed by atoms with van der Waals surface area (Å²) in [5.41, 5.74) is 4.25. The van der Waals surface area contributed by atoms with Crippen LogP contribution in [0.1, 0.15) is 11.1 Å². The van der Waals surface area contributed by atoms with Gasteiger partial charge in [0.2, 0.25) is 5.88 Å². The minimum absolute atomic E-state index is 0.190. The van der Waals surface area contributed by atoms with Crippen molar-refractivity contribution in [1.29, 1.82) is 0 Å². The third-order valence-electron chi connectivity index (χ3n) is 5.36. The molecule has 8 nitrogen and oxygen atoms in total. The summed E-state index contributed by atoms with van der Waals surface area (Å²) in [6.45, 7) is 1.19. The molecule has 0 fully saturated rings. The molecular weight excluding hydrogens is 446 g/mol. The highest BCUT2D eigenvalue weighted by atomic mass is 16.5. The number of methoxy groups -OCH3 is 2. The summed E-state index contributed by atoms with van der Waals surface area (Å²) < 4.78 is 10.2. The number of ether oxygens (including phenoxy) is 2. The molecule has 3 rings (SSSR count). The van der Waals surface area contributed by atoms with Gasteiger partial charge in [0.05, 0.1) is 20.3 Å². The van der Waals surface area contributed by atoms with E-state index in [-0.39, 0.29) is 6.03 Å². The van der Waals surface area contributed by atoms with Gasteiger partial charge in [-0.15, -0.1) is 0 Å². The van der Waals surface area contributed by atoms with Gasteiger partial charge in [-0.25, -0.2) is 14.6 Å². The number of amides is 2. The van der Waals surface area contributed by atoms with Crippen LogP contribution in [0, 0.1) is 0 Å². The van der Waals surface area contributed by atoms with Gasteiger partial charge >= 0.3 is 12.0 Å². The van der Waals surface area contributed by atoms with Crippen LogP contribution in [0.4, 0.5) is 10.5 Å². The number of nitrogens with zero attached hydrogens (tertiary/aromatic N) is 3. The molecule has 0 aliphatic heterocycles. The van der Waals surface area contributed by atoms with Crippen molar-refractivity contribution in [3.05, 3.63) is 84.1 Å². The van der Waals surface area contributed by atoms with Crippen LogP contribution < -0.4 is 9.64 Å². The topological polar surface area (TPSA) is 92.2 Å². The minimum Gasteiger partial charge on any atom is -0.481 e. The fraction of sp³-hybridized carbons (Fsp3) is 0.222. The molecule has 0 spiro atoms. The lowest BCUT2D eigenvalue weighted by atomic mass is 10.1. The summed E-state index contributed by atoms with van der Waals surface area (Å²) in [5, 5.41) is 8.94. The average Bonchev–Trinajstić information content (AvgIpc) is 2.89. The molecule has 1 N–H and O–H groups in total. The Morgan fingerprint density at radius 1 is 1.03 bits per heavy atom. The number of rotatable bonds is 10. The quantitative estimate of drug-likeness (QED) is 0.432. The summed E-state index contributed by atoms with van der Waals surface area (Å²) in [6, 6.07) is 18.7. The second kappa shape index (κ2) is 12.3. The molecule has 2 amide bonds. The molecule has 0 saturated heterocycles. The van der Waals surface area contributed by atoms with Crippen LogP contribution in [0.25, 0.3) is 17.2 Å². The zero-order valence-electron chi connectivity index (χ0n) is 20.0. The second-order valence-corrected chi connectivity index (χ2v) is 7.84. The first-order valence-electron chi connectivity index (χ1n) is 11.0. The number of hydrogen-bond donors (Lipinski definition) is 1. The minimum atomic E-state index is -1.03. The zero-order chi connectivity index (χ0) is 25.2. The van der Waals surface area contributed by atoms with Gasteiger partial charge in [-0.1, -0.05) is 36.4 Å². The number of urea groups is 1. The number of carboxylic acid groups (broad SMARTS) is 1. The molecule has 0 aliphatic rings. The first kappa shape index (κ1) is 25.5. The van der Waals surface area contributed by atoms with Crippen molar-refractivity contribution in [3.8, 4) is 17.0 Å². The van der Waals surface area contributed by atoms with E-state index in [1.807, 2.05) is 42.5 Å². The van der Waals surface area contributed by atoms with E-state index in [1.54, 1.807) is 55.5 Å². The maximum absolute atomic E-state index is 13.3. The van der Waals surface area contributed by atoms with Crippen LogP contribution in [0.2, 0.25) is 0 Å². The lowest BCUT2D eigenvalue weighted by Gasteiger charge is -2.28. The molecule has 3 aromatic rings. The van der Waals surface area contributed by atoms with Crippen molar-refractivity contribution in [2.75, 3.05) is 39.3 Å². The summed E-state index contributed by atoms with van der Waals surface area (Å²) in [6.07, 6.45) is 4.33. The normalized spacial score (nSPS) is 10.8. The summed E-state index contributed by atoms with van der Waals surface area (Å²) >= 11 is 0. The molecule has 0 unspecified atom stereocenters. The molecular formula is C27H29N3O5. The standard InChI is InChI=1S/C27H29N3O5/c1-29(15-16-34-2)27(33)30(24-6-4-5-20(17-24)9-14-26(31)32)19-21-7-10-22(11-8-21)23-12-13-25(35-3)28-18-23/h4-14,17-18H,15-16,19H2,1-3H3,(H,31,32). The Kier molecular flexibility index (Phi) is 8.97. The number of likely N-dealkylation sites (N-methyl/N-ethyl adjacent to an activating group) is 1. The van der Waals surface area contributed by atoms with E-state index in [9.17, 15) is 9.59 Å². The first-order valence-corrected chi connectivity index (χ1v) is 11.0. The SMILES string of the molecule is COCCN(C)C(=O)N(Cc1ccc(-c2ccc(OC)nc2)cc1)c1cccc(C=CC(=O)O)c1. The predicted molar refractivity (Wildman–Crippen MR) is 135 cm³/mol. The van der Waals surface area contributed by atoms with Crippen molar-refractivity contribution < 1.29 is 24.2 Å². The molecule has 8 heteroatoms. The number of aromatic nitrogens is 1. The highest BCUT2D eigenvalue weighted by molar-refractivity contribution is 5.92. The van der Waals surface area contributed by atoms with E-state index in [1.165, 1.54) is 6.08 Å². The van der Waals surface area contributed by atoms with Crippen LogP contribution in [0.3, 0.4) is 0 Å². The number of pyridine rings is 1. The van der Waals surface area contributed by atoms with E-state index < -0.39 is 5.97 Å². The van der Waals surface area contributed by atoms with E-state index in [0.29, 0.717) is 36.8 Å². The van der Waals surface area contributed by atoms with Gasteiger partial charge < -0.3 is 19.5 Å². The Hall–Kier alpha value is -4.17. The van der Waals surface area contributed by atoms with Crippen molar-refractivity contribution in [2.24, 2.45) is 0 Å². The molecule has 0 atom stereocenters. The Morgan fingerprint density at radius 3 is 2.40 bits per heavy atom. The van der Waals surface area contributed by atoms with E-state index >= 15 is 0 Å². The molecule has 2 aromatic carbocycles. The van der Waals surface area contributed by atoms with Gasteiger partial charge in [-0.2, -0.15) is 0 Å². The van der Waals surface area contributed by atoms with Crippen LogP contribution >= 0.6 is 0 Å². The average molecular weight is 476 g/mol. The third-order valence-corrected chi connectivity index (χ3v) is 5.36. The molecule has 35 heavy (non-hydrogen) atoms. The Labute approximate surface area is 205 Å². The van der Waals surface area contributed by atoms with Crippen molar-refractivity contribution in [2.45, 2.75) is 6.54 Å². The van der Waals surface area contributed by atoms with Gasteiger partial charge in [0, 0.05) is 50.3 Å². The monoisotopic (exact) mass is 475 g/mol. The van der Waals surface area contributed by atoms with Gasteiger partial charge in [-0.3, -0.25) is 4.90 Å². The van der Waals surface area contributed by atoms with Crippen LogP contribution in [0.5, 0.6) is 5.88 Å². The molecule has 0 bridgehead atoms. The number of aliphatic carboxylic acids is 1. The largest absolute Gasteiger partial charge is 0.481 e. The molecule has 0 aliphatic carbocycles. The smallest absolute Gasteiger partial charge is 0.328 e. The van der Waals surface area contributed by atoms with Crippen LogP contribution in [-0.2, 0) is 16.1 Å². The fourth-order valence-electron chi connectivity index (χ4n) is 3.42. The maximum atomic E-state index is 13.3. The van der Waals surface area contributed by atoms with E-state index in [2.05, 4.69) is 4.98 Å². The fourth-order valence-corrected chi connectivity index (χ4v) is 3.42.